The Labute approximate surface area is 132 Å². The highest BCUT2D eigenvalue weighted by Gasteiger charge is 2.35. The zero-order valence-electron chi connectivity index (χ0n) is 12.9. The molecular formula is C16H19F3N4. The van der Waals surface area contributed by atoms with Crippen molar-refractivity contribution in [3.05, 3.63) is 47.3 Å². The lowest BCUT2D eigenvalue weighted by atomic mass is 9.99. The molecule has 0 spiro atoms. The Morgan fingerprint density at radius 1 is 1.35 bits per heavy atom. The molecule has 0 aromatic carbocycles. The number of nitrogens with zero attached hydrogens (tertiary/aromatic N) is 3. The van der Waals surface area contributed by atoms with Gasteiger partial charge in [0.25, 0.3) is 0 Å². The first-order valence-corrected chi connectivity index (χ1v) is 7.67. The van der Waals surface area contributed by atoms with Crippen molar-refractivity contribution in [3.63, 3.8) is 0 Å². The smallest absolute Gasteiger partial charge is 0.334 e. The van der Waals surface area contributed by atoms with Crippen LogP contribution in [0.5, 0.6) is 0 Å². The summed E-state index contributed by atoms with van der Waals surface area (Å²) in [4.78, 5) is 8.02. The van der Waals surface area contributed by atoms with Gasteiger partial charge >= 0.3 is 6.18 Å². The third kappa shape index (κ3) is 3.90. The van der Waals surface area contributed by atoms with Crippen LogP contribution in [0.25, 0.3) is 0 Å². The predicted molar refractivity (Wildman–Crippen MR) is 79.7 cm³/mol. The standard InChI is InChI=1S/C16H19F3N4/c1-11-2-4-13(21-6-11)8-20-7-12-3-5-15-22-14(16(17,18)19)10-23(15)9-12/h2,4,6,10,12,20H,3,5,7-9H2,1H3/t12-/m0/s1. The molecule has 0 saturated carbocycles. The quantitative estimate of drug-likeness (QED) is 0.940. The Bertz CT molecular complexity index is 661. The lowest BCUT2D eigenvalue weighted by Crippen LogP contribution is -2.29. The third-order valence-electron chi connectivity index (χ3n) is 4.09. The molecule has 0 unspecified atom stereocenters. The van der Waals surface area contributed by atoms with Crippen LogP contribution >= 0.6 is 0 Å². The molecule has 0 aliphatic carbocycles. The van der Waals surface area contributed by atoms with Gasteiger partial charge in [-0.25, -0.2) is 4.98 Å². The van der Waals surface area contributed by atoms with Crippen LogP contribution in [0.15, 0.2) is 24.5 Å². The van der Waals surface area contributed by atoms with Gasteiger partial charge in [-0.05, 0) is 30.9 Å². The first-order chi connectivity index (χ1) is 10.9. The van der Waals surface area contributed by atoms with Crippen molar-refractivity contribution in [1.29, 1.82) is 0 Å². The molecule has 3 heterocycles. The third-order valence-corrected chi connectivity index (χ3v) is 4.09. The molecule has 1 aliphatic rings. The van der Waals surface area contributed by atoms with Gasteiger partial charge in [0.2, 0.25) is 0 Å². The highest BCUT2D eigenvalue weighted by Crippen LogP contribution is 2.30. The SMILES string of the molecule is Cc1ccc(CNC[C@@H]2CCc3nc(C(F)(F)F)cn3C2)nc1. The maximum atomic E-state index is 12.7. The fourth-order valence-corrected chi connectivity index (χ4v) is 2.83. The summed E-state index contributed by atoms with van der Waals surface area (Å²) in [5.41, 5.74) is 1.30. The van der Waals surface area contributed by atoms with Gasteiger partial charge in [-0.15, -0.1) is 0 Å². The average molecular weight is 324 g/mol. The second-order valence-electron chi connectivity index (χ2n) is 6.05. The van der Waals surface area contributed by atoms with Gasteiger partial charge < -0.3 is 9.88 Å². The van der Waals surface area contributed by atoms with Crippen LogP contribution in [0, 0.1) is 12.8 Å². The molecular weight excluding hydrogens is 305 g/mol. The lowest BCUT2D eigenvalue weighted by Gasteiger charge is -2.23. The van der Waals surface area contributed by atoms with Crippen molar-refractivity contribution in [2.45, 2.75) is 39.0 Å². The molecule has 1 aliphatic heterocycles. The van der Waals surface area contributed by atoms with E-state index >= 15 is 0 Å². The summed E-state index contributed by atoms with van der Waals surface area (Å²) in [6.07, 6.45) is 0.0279. The monoisotopic (exact) mass is 324 g/mol. The molecule has 0 radical (unpaired) electrons. The summed E-state index contributed by atoms with van der Waals surface area (Å²) in [7, 11) is 0. The van der Waals surface area contributed by atoms with Gasteiger partial charge in [0.1, 0.15) is 5.82 Å². The number of hydrogen-bond acceptors (Lipinski definition) is 3. The molecule has 4 nitrogen and oxygen atoms in total. The fourth-order valence-electron chi connectivity index (χ4n) is 2.83. The normalized spacial score (nSPS) is 18.0. The number of hydrogen-bond donors (Lipinski definition) is 1. The summed E-state index contributed by atoms with van der Waals surface area (Å²) in [6, 6.07) is 3.99. The van der Waals surface area contributed by atoms with Crippen LogP contribution < -0.4 is 5.32 Å². The van der Waals surface area contributed by atoms with E-state index in [9.17, 15) is 13.2 Å². The van der Waals surface area contributed by atoms with E-state index < -0.39 is 11.9 Å². The van der Waals surface area contributed by atoms with E-state index in [1.54, 1.807) is 4.57 Å². The first kappa shape index (κ1) is 16.0. The minimum absolute atomic E-state index is 0.309. The highest BCUT2D eigenvalue weighted by atomic mass is 19.4. The summed E-state index contributed by atoms with van der Waals surface area (Å²) in [5.74, 6) is 0.844. The number of halogens is 3. The topological polar surface area (TPSA) is 42.7 Å². The van der Waals surface area contributed by atoms with Crippen molar-refractivity contribution >= 4 is 0 Å². The molecule has 1 atom stereocenters. The summed E-state index contributed by atoms with van der Waals surface area (Å²) < 4.78 is 39.7. The summed E-state index contributed by atoms with van der Waals surface area (Å²) >= 11 is 0. The highest BCUT2D eigenvalue weighted by molar-refractivity contribution is 5.12. The Morgan fingerprint density at radius 3 is 2.87 bits per heavy atom. The van der Waals surface area contributed by atoms with E-state index in [1.165, 1.54) is 0 Å². The number of pyridine rings is 1. The van der Waals surface area contributed by atoms with Crippen LogP contribution in [0.4, 0.5) is 13.2 Å². The minimum atomic E-state index is -4.37. The van der Waals surface area contributed by atoms with E-state index in [4.69, 9.17) is 0 Å². The van der Waals surface area contributed by atoms with E-state index in [0.29, 0.717) is 31.3 Å². The Hall–Kier alpha value is -1.89. The second kappa shape index (κ2) is 6.31. The Kier molecular flexibility index (Phi) is 4.39. The predicted octanol–water partition coefficient (Wildman–Crippen LogP) is 2.96. The van der Waals surface area contributed by atoms with Crippen LogP contribution in [0.3, 0.4) is 0 Å². The Morgan fingerprint density at radius 2 is 2.17 bits per heavy atom. The van der Waals surface area contributed by atoms with E-state index in [1.807, 2.05) is 25.3 Å². The number of nitrogens with one attached hydrogen (secondary N) is 1. The maximum absolute atomic E-state index is 12.7. The molecule has 124 valence electrons. The molecule has 0 fully saturated rings. The number of aromatic nitrogens is 3. The minimum Gasteiger partial charge on any atom is -0.334 e. The zero-order valence-corrected chi connectivity index (χ0v) is 12.9. The molecule has 23 heavy (non-hydrogen) atoms. The average Bonchev–Trinajstić information content (AvgIpc) is 2.93. The van der Waals surface area contributed by atoms with Gasteiger partial charge in [0.05, 0.1) is 5.69 Å². The fraction of sp³-hybridized carbons (Fsp3) is 0.500. The molecule has 0 saturated heterocycles. The molecule has 2 aromatic heterocycles. The molecule has 7 heteroatoms. The number of aryl methyl sites for hydroxylation is 2. The van der Waals surface area contributed by atoms with E-state index in [2.05, 4.69) is 15.3 Å². The maximum Gasteiger partial charge on any atom is 0.434 e. The van der Waals surface area contributed by atoms with Gasteiger partial charge in [0.15, 0.2) is 5.69 Å². The summed E-state index contributed by atoms with van der Waals surface area (Å²) in [6.45, 7) is 3.99. The lowest BCUT2D eigenvalue weighted by molar-refractivity contribution is -0.141. The van der Waals surface area contributed by atoms with E-state index in [0.717, 1.165) is 30.4 Å². The molecule has 0 bridgehead atoms. The van der Waals surface area contributed by atoms with E-state index in [-0.39, 0.29) is 0 Å². The van der Waals surface area contributed by atoms with Crippen molar-refractivity contribution in [2.75, 3.05) is 6.54 Å². The van der Waals surface area contributed by atoms with Crippen LogP contribution in [-0.4, -0.2) is 21.1 Å². The van der Waals surface area contributed by atoms with Gasteiger partial charge in [-0.1, -0.05) is 6.07 Å². The molecule has 1 N–H and O–H groups in total. The Balaban J connectivity index is 1.53. The van der Waals surface area contributed by atoms with Crippen molar-refractivity contribution < 1.29 is 13.2 Å². The van der Waals surface area contributed by atoms with Crippen molar-refractivity contribution in [3.8, 4) is 0 Å². The molecule has 3 rings (SSSR count). The molecule has 2 aromatic rings. The first-order valence-electron chi connectivity index (χ1n) is 7.67. The molecule has 0 amide bonds. The van der Waals surface area contributed by atoms with Gasteiger partial charge in [-0.3, -0.25) is 4.98 Å². The van der Waals surface area contributed by atoms with Crippen LogP contribution in [-0.2, 0) is 25.7 Å². The largest absolute Gasteiger partial charge is 0.434 e. The van der Waals surface area contributed by atoms with Crippen LogP contribution in [0.1, 0.15) is 29.2 Å². The zero-order chi connectivity index (χ0) is 16.4. The van der Waals surface area contributed by atoms with Crippen molar-refractivity contribution in [1.82, 2.24) is 19.9 Å². The summed E-state index contributed by atoms with van der Waals surface area (Å²) in [5, 5.41) is 3.34. The number of fused-ring (bicyclic) bond motifs is 1. The number of imidazole rings is 1. The van der Waals surface area contributed by atoms with Crippen LogP contribution in [0.2, 0.25) is 0 Å². The van der Waals surface area contributed by atoms with Gasteiger partial charge in [0, 0.05) is 38.4 Å². The second-order valence-corrected chi connectivity index (χ2v) is 6.05. The van der Waals surface area contributed by atoms with Crippen molar-refractivity contribution in [2.24, 2.45) is 5.92 Å². The number of rotatable bonds is 4. The number of alkyl halides is 3. The van der Waals surface area contributed by atoms with Gasteiger partial charge in [-0.2, -0.15) is 13.2 Å².